The van der Waals surface area contributed by atoms with Gasteiger partial charge in [0.15, 0.2) is 5.82 Å². The molecule has 0 aliphatic heterocycles. The van der Waals surface area contributed by atoms with E-state index in [1.54, 1.807) is 26.5 Å². The molecule has 0 aliphatic carbocycles. The van der Waals surface area contributed by atoms with E-state index in [9.17, 15) is 0 Å². The SMILES string of the molecule is COc1ccc(CCNc2nc(-c3ccc(OC)nc3)ncc2C)cc1. The van der Waals surface area contributed by atoms with Crippen molar-refractivity contribution in [2.24, 2.45) is 0 Å². The number of hydrogen-bond donors (Lipinski definition) is 1. The summed E-state index contributed by atoms with van der Waals surface area (Å²) < 4.78 is 10.3. The summed E-state index contributed by atoms with van der Waals surface area (Å²) in [6.07, 6.45) is 4.43. The fourth-order valence-corrected chi connectivity index (χ4v) is 2.51. The molecule has 0 amide bonds. The molecule has 0 bridgehead atoms. The number of ether oxygens (including phenoxy) is 2. The third kappa shape index (κ3) is 4.27. The molecule has 0 spiro atoms. The Morgan fingerprint density at radius 2 is 1.73 bits per heavy atom. The fraction of sp³-hybridized carbons (Fsp3) is 0.250. The molecule has 26 heavy (non-hydrogen) atoms. The maximum Gasteiger partial charge on any atom is 0.212 e. The minimum atomic E-state index is 0.568. The fourth-order valence-electron chi connectivity index (χ4n) is 2.51. The molecule has 6 nitrogen and oxygen atoms in total. The highest BCUT2D eigenvalue weighted by Gasteiger charge is 2.07. The van der Waals surface area contributed by atoms with Crippen LogP contribution in [0.3, 0.4) is 0 Å². The van der Waals surface area contributed by atoms with Crippen molar-refractivity contribution in [3.05, 3.63) is 59.9 Å². The van der Waals surface area contributed by atoms with Gasteiger partial charge in [-0.15, -0.1) is 0 Å². The highest BCUT2D eigenvalue weighted by atomic mass is 16.5. The van der Waals surface area contributed by atoms with Gasteiger partial charge in [-0.1, -0.05) is 12.1 Å². The molecule has 0 radical (unpaired) electrons. The molecule has 3 aromatic rings. The van der Waals surface area contributed by atoms with Crippen LogP contribution in [0.5, 0.6) is 11.6 Å². The summed E-state index contributed by atoms with van der Waals surface area (Å²) in [5.41, 5.74) is 3.10. The maximum atomic E-state index is 5.18. The first-order chi connectivity index (χ1) is 12.7. The van der Waals surface area contributed by atoms with Crippen molar-refractivity contribution in [3.8, 4) is 23.0 Å². The van der Waals surface area contributed by atoms with E-state index < -0.39 is 0 Å². The van der Waals surface area contributed by atoms with Crippen LogP contribution in [0.15, 0.2) is 48.8 Å². The van der Waals surface area contributed by atoms with E-state index in [4.69, 9.17) is 9.47 Å². The topological polar surface area (TPSA) is 69.2 Å². The zero-order valence-corrected chi connectivity index (χ0v) is 15.2. The van der Waals surface area contributed by atoms with Crippen LogP contribution in [-0.2, 0) is 6.42 Å². The molecule has 0 fully saturated rings. The molecule has 134 valence electrons. The molecule has 0 unspecified atom stereocenters. The van der Waals surface area contributed by atoms with Crippen LogP contribution in [-0.4, -0.2) is 35.7 Å². The second kappa shape index (κ2) is 8.29. The number of methoxy groups -OCH3 is 2. The second-order valence-corrected chi connectivity index (χ2v) is 5.84. The van der Waals surface area contributed by atoms with Gasteiger partial charge in [0.05, 0.1) is 14.2 Å². The van der Waals surface area contributed by atoms with Gasteiger partial charge in [-0.05, 0) is 37.1 Å². The number of nitrogens with zero attached hydrogens (tertiary/aromatic N) is 3. The van der Waals surface area contributed by atoms with E-state index in [1.807, 2.05) is 31.3 Å². The van der Waals surface area contributed by atoms with Gasteiger partial charge in [-0.3, -0.25) is 0 Å². The largest absolute Gasteiger partial charge is 0.497 e. The summed E-state index contributed by atoms with van der Waals surface area (Å²) in [6.45, 7) is 2.77. The van der Waals surface area contributed by atoms with Gasteiger partial charge >= 0.3 is 0 Å². The number of aromatic nitrogens is 3. The van der Waals surface area contributed by atoms with Crippen molar-refractivity contribution < 1.29 is 9.47 Å². The minimum absolute atomic E-state index is 0.568. The van der Waals surface area contributed by atoms with E-state index in [2.05, 4.69) is 32.4 Å². The van der Waals surface area contributed by atoms with Crippen molar-refractivity contribution in [1.82, 2.24) is 15.0 Å². The van der Waals surface area contributed by atoms with Crippen molar-refractivity contribution in [2.45, 2.75) is 13.3 Å². The molecule has 0 aliphatic rings. The molecule has 1 aromatic carbocycles. The van der Waals surface area contributed by atoms with Gasteiger partial charge in [0.25, 0.3) is 0 Å². The van der Waals surface area contributed by atoms with Crippen LogP contribution in [0.2, 0.25) is 0 Å². The normalized spacial score (nSPS) is 10.4. The lowest BCUT2D eigenvalue weighted by Gasteiger charge is -2.10. The van der Waals surface area contributed by atoms with Gasteiger partial charge < -0.3 is 14.8 Å². The third-order valence-corrected chi connectivity index (χ3v) is 4.04. The number of nitrogens with one attached hydrogen (secondary N) is 1. The van der Waals surface area contributed by atoms with Crippen LogP contribution in [0.4, 0.5) is 5.82 Å². The van der Waals surface area contributed by atoms with Gasteiger partial charge in [0, 0.05) is 36.1 Å². The highest BCUT2D eigenvalue weighted by molar-refractivity contribution is 5.57. The molecule has 3 rings (SSSR count). The lowest BCUT2D eigenvalue weighted by atomic mass is 10.1. The number of rotatable bonds is 7. The number of anilines is 1. The van der Waals surface area contributed by atoms with E-state index >= 15 is 0 Å². The Bertz CT molecular complexity index is 849. The standard InChI is InChI=1S/C20H22N4O2/c1-14-12-23-20(16-6-9-18(26-3)22-13-16)24-19(14)21-11-10-15-4-7-17(25-2)8-5-15/h4-9,12-13H,10-11H2,1-3H3,(H,21,23,24). The van der Waals surface area contributed by atoms with Crippen molar-refractivity contribution >= 4 is 5.82 Å². The first-order valence-corrected chi connectivity index (χ1v) is 8.40. The second-order valence-electron chi connectivity index (χ2n) is 5.84. The van der Waals surface area contributed by atoms with E-state index in [0.29, 0.717) is 11.7 Å². The first kappa shape index (κ1) is 17.7. The molecule has 2 aromatic heterocycles. The van der Waals surface area contributed by atoms with Crippen LogP contribution in [0.25, 0.3) is 11.4 Å². The van der Waals surface area contributed by atoms with E-state index in [-0.39, 0.29) is 0 Å². The summed E-state index contributed by atoms with van der Waals surface area (Å²) in [5, 5.41) is 3.40. The van der Waals surface area contributed by atoms with E-state index in [0.717, 1.165) is 35.7 Å². The lowest BCUT2D eigenvalue weighted by Crippen LogP contribution is -2.09. The molecular weight excluding hydrogens is 328 g/mol. The monoisotopic (exact) mass is 350 g/mol. The zero-order valence-electron chi connectivity index (χ0n) is 15.2. The Hall–Kier alpha value is -3.15. The van der Waals surface area contributed by atoms with Crippen LogP contribution in [0, 0.1) is 6.92 Å². The summed E-state index contributed by atoms with van der Waals surface area (Å²) in [5.74, 6) is 2.90. The highest BCUT2D eigenvalue weighted by Crippen LogP contribution is 2.20. The van der Waals surface area contributed by atoms with Gasteiger partial charge in [-0.25, -0.2) is 15.0 Å². The smallest absolute Gasteiger partial charge is 0.212 e. The van der Waals surface area contributed by atoms with Crippen molar-refractivity contribution in [1.29, 1.82) is 0 Å². The molecule has 1 N–H and O–H groups in total. The molecule has 6 heteroatoms. The van der Waals surface area contributed by atoms with Crippen LogP contribution in [0.1, 0.15) is 11.1 Å². The predicted molar refractivity (Wildman–Crippen MR) is 102 cm³/mol. The lowest BCUT2D eigenvalue weighted by molar-refractivity contribution is 0.398. The number of pyridine rings is 1. The number of aryl methyl sites for hydroxylation is 1. The predicted octanol–water partition coefficient (Wildman–Crippen LogP) is 3.52. The Morgan fingerprint density at radius 1 is 0.923 bits per heavy atom. The first-order valence-electron chi connectivity index (χ1n) is 8.40. The summed E-state index contributed by atoms with van der Waals surface area (Å²) in [4.78, 5) is 13.2. The summed E-state index contributed by atoms with van der Waals surface area (Å²) in [6, 6.07) is 11.8. The van der Waals surface area contributed by atoms with Gasteiger partial charge in [0.1, 0.15) is 11.6 Å². The summed E-state index contributed by atoms with van der Waals surface area (Å²) >= 11 is 0. The Kier molecular flexibility index (Phi) is 5.63. The molecule has 0 saturated heterocycles. The summed E-state index contributed by atoms with van der Waals surface area (Å²) in [7, 11) is 3.26. The Labute approximate surface area is 153 Å². The number of hydrogen-bond acceptors (Lipinski definition) is 6. The number of benzene rings is 1. The van der Waals surface area contributed by atoms with Crippen molar-refractivity contribution in [3.63, 3.8) is 0 Å². The Balaban J connectivity index is 1.66. The van der Waals surface area contributed by atoms with E-state index in [1.165, 1.54) is 5.56 Å². The minimum Gasteiger partial charge on any atom is -0.497 e. The van der Waals surface area contributed by atoms with Gasteiger partial charge in [-0.2, -0.15) is 0 Å². The van der Waals surface area contributed by atoms with Gasteiger partial charge in [0.2, 0.25) is 5.88 Å². The zero-order chi connectivity index (χ0) is 18.4. The maximum absolute atomic E-state index is 5.18. The quantitative estimate of drug-likeness (QED) is 0.703. The average molecular weight is 350 g/mol. The Morgan fingerprint density at radius 3 is 2.38 bits per heavy atom. The van der Waals surface area contributed by atoms with Crippen LogP contribution < -0.4 is 14.8 Å². The molecule has 0 saturated carbocycles. The molecule has 0 atom stereocenters. The van der Waals surface area contributed by atoms with Crippen molar-refractivity contribution in [2.75, 3.05) is 26.1 Å². The average Bonchev–Trinajstić information content (AvgIpc) is 2.70. The molecule has 2 heterocycles. The third-order valence-electron chi connectivity index (χ3n) is 4.04. The molecular formula is C20H22N4O2. The van der Waals surface area contributed by atoms with Crippen LogP contribution >= 0.6 is 0 Å².